The lowest BCUT2D eigenvalue weighted by atomic mass is 10.2. The van der Waals surface area contributed by atoms with Crippen molar-refractivity contribution in [3.05, 3.63) is 60.2 Å². The van der Waals surface area contributed by atoms with Gasteiger partial charge < -0.3 is 4.90 Å². The third-order valence-corrected chi connectivity index (χ3v) is 4.88. The largest absolute Gasteiger partial charge is 0.354 e. The molecule has 1 nitrogen and oxygen atoms in total. The zero-order chi connectivity index (χ0) is 13.1. The number of para-hydroxylation sites is 1. The van der Waals surface area contributed by atoms with Crippen molar-refractivity contribution >= 4 is 17.4 Å². The Labute approximate surface area is 119 Å². The second-order valence-electron chi connectivity index (χ2n) is 4.90. The van der Waals surface area contributed by atoms with E-state index in [9.17, 15) is 0 Å². The van der Waals surface area contributed by atoms with E-state index in [0.717, 1.165) is 6.54 Å². The standard InChI is InChI=1S/C17H19NS/c1-2-3-13-18-15-11-7-8-12-16(15)19-17(18)14-9-5-4-6-10-14/h4-12,17H,2-3,13H2,1H3. The van der Waals surface area contributed by atoms with Crippen LogP contribution in [-0.4, -0.2) is 6.54 Å². The zero-order valence-corrected chi connectivity index (χ0v) is 12.1. The predicted molar refractivity (Wildman–Crippen MR) is 83.7 cm³/mol. The summed E-state index contributed by atoms with van der Waals surface area (Å²) in [6.07, 6.45) is 2.49. The van der Waals surface area contributed by atoms with E-state index in [1.54, 1.807) is 0 Å². The van der Waals surface area contributed by atoms with Gasteiger partial charge in [0.2, 0.25) is 0 Å². The van der Waals surface area contributed by atoms with Crippen molar-refractivity contribution in [1.29, 1.82) is 0 Å². The van der Waals surface area contributed by atoms with Crippen molar-refractivity contribution in [3.63, 3.8) is 0 Å². The first-order valence-electron chi connectivity index (χ1n) is 6.97. The van der Waals surface area contributed by atoms with E-state index in [-0.39, 0.29) is 0 Å². The molecule has 1 atom stereocenters. The molecule has 2 aromatic rings. The Kier molecular flexibility index (Phi) is 3.79. The molecule has 0 bridgehead atoms. The van der Waals surface area contributed by atoms with Crippen molar-refractivity contribution in [1.82, 2.24) is 0 Å². The lowest BCUT2D eigenvalue weighted by Crippen LogP contribution is -2.24. The Morgan fingerprint density at radius 1 is 1.00 bits per heavy atom. The molecule has 0 saturated heterocycles. The topological polar surface area (TPSA) is 3.24 Å². The van der Waals surface area contributed by atoms with Gasteiger partial charge in [-0.2, -0.15) is 0 Å². The Morgan fingerprint density at radius 2 is 1.74 bits per heavy atom. The first-order chi connectivity index (χ1) is 9.40. The molecule has 1 unspecified atom stereocenters. The molecule has 0 aliphatic carbocycles. The van der Waals surface area contributed by atoms with Crippen LogP contribution in [0.15, 0.2) is 59.5 Å². The van der Waals surface area contributed by atoms with Gasteiger partial charge in [0.1, 0.15) is 5.37 Å². The predicted octanol–water partition coefficient (Wildman–Crippen LogP) is 5.10. The summed E-state index contributed by atoms with van der Waals surface area (Å²) >= 11 is 1.97. The molecular weight excluding hydrogens is 250 g/mol. The van der Waals surface area contributed by atoms with Crippen LogP contribution >= 0.6 is 11.8 Å². The molecule has 0 N–H and O–H groups in total. The first kappa shape index (κ1) is 12.6. The molecular formula is C17H19NS. The average molecular weight is 269 g/mol. The van der Waals surface area contributed by atoms with Crippen molar-refractivity contribution in [2.45, 2.75) is 30.0 Å². The van der Waals surface area contributed by atoms with E-state index < -0.39 is 0 Å². The smallest absolute Gasteiger partial charge is 0.105 e. The monoisotopic (exact) mass is 269 g/mol. The molecule has 1 heterocycles. The minimum absolute atomic E-state index is 0.435. The summed E-state index contributed by atoms with van der Waals surface area (Å²) in [7, 11) is 0. The summed E-state index contributed by atoms with van der Waals surface area (Å²) in [5, 5.41) is 0.435. The number of unbranched alkanes of at least 4 members (excludes halogenated alkanes) is 1. The van der Waals surface area contributed by atoms with Crippen LogP contribution in [0, 0.1) is 0 Å². The van der Waals surface area contributed by atoms with Gasteiger partial charge in [-0.25, -0.2) is 0 Å². The average Bonchev–Trinajstić information content (AvgIpc) is 2.85. The van der Waals surface area contributed by atoms with Gasteiger partial charge in [-0.1, -0.05) is 67.6 Å². The minimum atomic E-state index is 0.435. The van der Waals surface area contributed by atoms with Crippen LogP contribution in [0.1, 0.15) is 30.7 Å². The molecule has 2 aromatic carbocycles. The van der Waals surface area contributed by atoms with Crippen LogP contribution in [0.25, 0.3) is 0 Å². The number of anilines is 1. The summed E-state index contributed by atoms with van der Waals surface area (Å²) in [5.41, 5.74) is 2.80. The maximum absolute atomic E-state index is 2.55. The summed E-state index contributed by atoms with van der Waals surface area (Å²) in [5.74, 6) is 0. The maximum Gasteiger partial charge on any atom is 0.105 e. The molecule has 1 aliphatic rings. The molecule has 1 aliphatic heterocycles. The quantitative estimate of drug-likeness (QED) is 0.760. The highest BCUT2D eigenvalue weighted by Gasteiger charge is 2.30. The van der Waals surface area contributed by atoms with E-state index in [1.165, 1.54) is 29.0 Å². The van der Waals surface area contributed by atoms with Gasteiger partial charge in [0.15, 0.2) is 0 Å². The molecule has 0 aromatic heterocycles. The Morgan fingerprint density at radius 3 is 2.53 bits per heavy atom. The van der Waals surface area contributed by atoms with Crippen LogP contribution < -0.4 is 4.90 Å². The van der Waals surface area contributed by atoms with Crippen molar-refractivity contribution in [2.75, 3.05) is 11.4 Å². The van der Waals surface area contributed by atoms with Crippen LogP contribution in [0.2, 0.25) is 0 Å². The van der Waals surface area contributed by atoms with E-state index in [1.807, 2.05) is 11.8 Å². The molecule has 0 saturated carbocycles. The van der Waals surface area contributed by atoms with Crippen LogP contribution in [0.5, 0.6) is 0 Å². The zero-order valence-electron chi connectivity index (χ0n) is 11.3. The third kappa shape index (κ3) is 2.50. The van der Waals surface area contributed by atoms with Gasteiger partial charge in [-0.15, -0.1) is 0 Å². The number of benzene rings is 2. The summed E-state index contributed by atoms with van der Waals surface area (Å²) in [6.45, 7) is 3.40. The van der Waals surface area contributed by atoms with Crippen LogP contribution in [0.4, 0.5) is 5.69 Å². The number of hydrogen-bond acceptors (Lipinski definition) is 2. The van der Waals surface area contributed by atoms with E-state index in [4.69, 9.17) is 0 Å². The lowest BCUT2D eigenvalue weighted by molar-refractivity contribution is 0.713. The third-order valence-electron chi connectivity index (χ3n) is 3.53. The number of thioether (sulfide) groups is 1. The fraction of sp³-hybridized carbons (Fsp3) is 0.294. The molecule has 0 spiro atoms. The summed E-state index contributed by atoms with van der Waals surface area (Å²) < 4.78 is 0. The van der Waals surface area contributed by atoms with Crippen LogP contribution in [0.3, 0.4) is 0 Å². The van der Waals surface area contributed by atoms with Crippen molar-refractivity contribution in [2.24, 2.45) is 0 Å². The maximum atomic E-state index is 2.55. The van der Waals surface area contributed by atoms with Crippen molar-refractivity contribution in [3.8, 4) is 0 Å². The lowest BCUT2D eigenvalue weighted by Gasteiger charge is -2.26. The summed E-state index contributed by atoms with van der Waals surface area (Å²) in [6, 6.07) is 19.6. The highest BCUT2D eigenvalue weighted by Crippen LogP contribution is 2.51. The van der Waals surface area contributed by atoms with E-state index in [2.05, 4.69) is 66.4 Å². The molecule has 0 amide bonds. The Balaban J connectivity index is 1.93. The Bertz CT molecular complexity index is 538. The van der Waals surface area contributed by atoms with E-state index >= 15 is 0 Å². The fourth-order valence-electron chi connectivity index (χ4n) is 2.54. The molecule has 98 valence electrons. The molecule has 0 fully saturated rings. The molecule has 3 rings (SSSR count). The van der Waals surface area contributed by atoms with Gasteiger partial charge in [-0.05, 0) is 24.1 Å². The fourth-order valence-corrected chi connectivity index (χ4v) is 3.88. The van der Waals surface area contributed by atoms with Gasteiger partial charge >= 0.3 is 0 Å². The SMILES string of the molecule is CCCCN1c2ccccc2SC1c1ccccc1. The van der Waals surface area contributed by atoms with Crippen molar-refractivity contribution < 1.29 is 0 Å². The minimum Gasteiger partial charge on any atom is -0.354 e. The van der Waals surface area contributed by atoms with Crippen LogP contribution in [-0.2, 0) is 0 Å². The first-order valence-corrected chi connectivity index (χ1v) is 7.85. The number of hydrogen-bond donors (Lipinski definition) is 0. The Hall–Kier alpha value is -1.41. The van der Waals surface area contributed by atoms with Gasteiger partial charge in [0, 0.05) is 11.4 Å². The number of nitrogens with zero attached hydrogens (tertiary/aromatic N) is 1. The number of fused-ring (bicyclic) bond motifs is 1. The number of rotatable bonds is 4. The second-order valence-corrected chi connectivity index (χ2v) is 6.02. The van der Waals surface area contributed by atoms with Gasteiger partial charge in [-0.3, -0.25) is 0 Å². The van der Waals surface area contributed by atoms with E-state index in [0.29, 0.717) is 5.37 Å². The normalized spacial score (nSPS) is 17.5. The summed E-state index contributed by atoms with van der Waals surface area (Å²) in [4.78, 5) is 3.96. The van der Waals surface area contributed by atoms with Gasteiger partial charge in [0.05, 0.1) is 5.69 Å². The second kappa shape index (κ2) is 5.70. The molecule has 2 heteroatoms. The molecule has 0 radical (unpaired) electrons. The van der Waals surface area contributed by atoms with Gasteiger partial charge in [0.25, 0.3) is 0 Å². The highest BCUT2D eigenvalue weighted by atomic mass is 32.2. The molecule has 19 heavy (non-hydrogen) atoms. The highest BCUT2D eigenvalue weighted by molar-refractivity contribution is 8.00.